The second kappa shape index (κ2) is 9.05. The van der Waals surface area contributed by atoms with Crippen LogP contribution < -0.4 is 15.4 Å². The van der Waals surface area contributed by atoms with Gasteiger partial charge in [0, 0.05) is 38.8 Å². The third-order valence-electron chi connectivity index (χ3n) is 5.29. The van der Waals surface area contributed by atoms with Gasteiger partial charge in [-0.1, -0.05) is 6.07 Å². The van der Waals surface area contributed by atoms with Gasteiger partial charge in [0.2, 0.25) is 5.91 Å². The van der Waals surface area contributed by atoms with Crippen molar-refractivity contribution in [3.05, 3.63) is 29.8 Å². The van der Waals surface area contributed by atoms with E-state index in [0.717, 1.165) is 25.9 Å². The lowest BCUT2D eigenvalue weighted by molar-refractivity contribution is -0.142. The van der Waals surface area contributed by atoms with Crippen molar-refractivity contribution < 1.29 is 19.1 Å². The molecule has 1 aromatic rings. The first-order valence-corrected chi connectivity index (χ1v) is 9.79. The Labute approximate surface area is 165 Å². The number of piperidine rings is 1. The molecule has 0 spiro atoms. The van der Waals surface area contributed by atoms with Crippen LogP contribution in [0.2, 0.25) is 0 Å². The van der Waals surface area contributed by atoms with Crippen molar-refractivity contribution in [2.45, 2.75) is 31.8 Å². The topological polar surface area (TPSA) is 91.0 Å². The normalized spacial score (nSPS) is 20.4. The molecule has 0 bridgehead atoms. The van der Waals surface area contributed by atoms with Crippen molar-refractivity contribution in [2.24, 2.45) is 0 Å². The average molecular weight is 388 g/mol. The van der Waals surface area contributed by atoms with Crippen LogP contribution in [0.4, 0.5) is 0 Å². The Morgan fingerprint density at radius 3 is 2.79 bits per heavy atom. The summed E-state index contributed by atoms with van der Waals surface area (Å²) in [5.41, 5.74) is 0.480. The van der Waals surface area contributed by atoms with Crippen LogP contribution >= 0.6 is 0 Å². The maximum absolute atomic E-state index is 12.4. The van der Waals surface area contributed by atoms with Crippen LogP contribution in [0, 0.1) is 0 Å². The Hall–Kier alpha value is -2.61. The highest BCUT2D eigenvalue weighted by Crippen LogP contribution is 2.22. The Bertz CT molecular complexity index is 733. The summed E-state index contributed by atoms with van der Waals surface area (Å²) in [5.74, 6) is 0.264. The molecule has 1 atom stereocenters. The van der Waals surface area contributed by atoms with Crippen molar-refractivity contribution >= 4 is 17.7 Å². The van der Waals surface area contributed by atoms with Gasteiger partial charge in [-0.2, -0.15) is 0 Å². The molecule has 28 heavy (non-hydrogen) atoms. The van der Waals surface area contributed by atoms with Crippen molar-refractivity contribution in [3.8, 4) is 5.75 Å². The number of likely N-dealkylation sites (tertiary alicyclic amines) is 2. The predicted molar refractivity (Wildman–Crippen MR) is 104 cm³/mol. The highest BCUT2D eigenvalue weighted by molar-refractivity contribution is 5.94. The number of ether oxygens (including phenoxy) is 1. The number of likely N-dealkylation sites (N-methyl/N-ethyl adjacent to an activating group) is 1. The SMILES string of the molecule is CCN1CCCC(N2CC(NC(=O)COc3cccc(C(=O)NC)c3)C2)C1=O. The lowest BCUT2D eigenvalue weighted by Crippen LogP contribution is -2.66. The molecule has 8 nitrogen and oxygen atoms in total. The van der Waals surface area contributed by atoms with Crippen molar-refractivity contribution in [1.29, 1.82) is 0 Å². The molecule has 2 saturated heterocycles. The van der Waals surface area contributed by atoms with E-state index in [9.17, 15) is 14.4 Å². The number of carbonyl (C=O) groups excluding carboxylic acids is 3. The fourth-order valence-corrected chi connectivity index (χ4v) is 3.72. The number of rotatable bonds is 7. The highest BCUT2D eigenvalue weighted by Gasteiger charge is 2.39. The number of amides is 3. The van der Waals surface area contributed by atoms with Crippen LogP contribution in [0.25, 0.3) is 0 Å². The summed E-state index contributed by atoms with van der Waals surface area (Å²) in [6.07, 6.45) is 1.92. The lowest BCUT2D eigenvalue weighted by atomic mass is 9.97. The molecular formula is C20H28N4O4. The van der Waals surface area contributed by atoms with Gasteiger partial charge in [0.15, 0.2) is 6.61 Å². The Morgan fingerprint density at radius 2 is 2.07 bits per heavy atom. The fraction of sp³-hybridized carbons (Fsp3) is 0.550. The Kier molecular flexibility index (Phi) is 6.51. The van der Waals surface area contributed by atoms with E-state index < -0.39 is 0 Å². The van der Waals surface area contributed by atoms with Crippen LogP contribution in [0.1, 0.15) is 30.1 Å². The summed E-state index contributed by atoms with van der Waals surface area (Å²) in [7, 11) is 1.56. The molecule has 2 aliphatic heterocycles. The Balaban J connectivity index is 1.41. The highest BCUT2D eigenvalue weighted by atomic mass is 16.5. The van der Waals surface area contributed by atoms with Gasteiger partial charge in [-0.15, -0.1) is 0 Å². The molecular weight excluding hydrogens is 360 g/mol. The molecule has 2 N–H and O–H groups in total. The van der Waals surface area contributed by atoms with E-state index in [4.69, 9.17) is 4.74 Å². The molecule has 8 heteroatoms. The number of carbonyl (C=O) groups is 3. The van der Waals surface area contributed by atoms with Crippen molar-refractivity contribution in [2.75, 3.05) is 39.8 Å². The molecule has 3 amide bonds. The number of benzene rings is 1. The number of nitrogens with one attached hydrogen (secondary N) is 2. The third kappa shape index (κ3) is 4.62. The lowest BCUT2D eigenvalue weighted by Gasteiger charge is -2.46. The first-order chi connectivity index (χ1) is 13.5. The molecule has 2 aliphatic rings. The minimum atomic E-state index is -0.208. The Morgan fingerprint density at radius 1 is 1.29 bits per heavy atom. The molecule has 2 fully saturated rings. The van der Waals surface area contributed by atoms with Crippen LogP contribution in [-0.2, 0) is 9.59 Å². The first kappa shape index (κ1) is 20.1. The fourth-order valence-electron chi connectivity index (χ4n) is 3.72. The number of hydrogen-bond acceptors (Lipinski definition) is 5. The van der Waals surface area contributed by atoms with Gasteiger partial charge in [0.05, 0.1) is 12.1 Å². The minimum absolute atomic E-state index is 0.0399. The zero-order valence-corrected chi connectivity index (χ0v) is 16.4. The van der Waals surface area contributed by atoms with Gasteiger partial charge in [-0.25, -0.2) is 0 Å². The average Bonchev–Trinajstić information content (AvgIpc) is 2.69. The van der Waals surface area contributed by atoms with E-state index in [1.165, 1.54) is 0 Å². The van der Waals surface area contributed by atoms with E-state index >= 15 is 0 Å². The summed E-state index contributed by atoms with van der Waals surface area (Å²) in [6, 6.07) is 6.69. The van der Waals surface area contributed by atoms with Gasteiger partial charge >= 0.3 is 0 Å². The minimum Gasteiger partial charge on any atom is -0.484 e. The van der Waals surface area contributed by atoms with Crippen LogP contribution in [-0.4, -0.2) is 79.4 Å². The predicted octanol–water partition coefficient (Wildman–Crippen LogP) is 0.236. The molecule has 1 unspecified atom stereocenters. The molecule has 0 saturated carbocycles. The number of hydrogen-bond donors (Lipinski definition) is 2. The summed E-state index contributed by atoms with van der Waals surface area (Å²) in [4.78, 5) is 40.2. The van der Waals surface area contributed by atoms with Crippen molar-refractivity contribution in [1.82, 2.24) is 20.4 Å². The molecule has 2 heterocycles. The summed E-state index contributed by atoms with van der Waals surface area (Å²) in [5, 5.41) is 5.48. The quantitative estimate of drug-likeness (QED) is 0.698. The second-order valence-corrected chi connectivity index (χ2v) is 7.19. The molecule has 0 aliphatic carbocycles. The maximum atomic E-state index is 12.4. The second-order valence-electron chi connectivity index (χ2n) is 7.19. The largest absolute Gasteiger partial charge is 0.484 e. The van der Waals surface area contributed by atoms with Gasteiger partial charge in [-0.3, -0.25) is 19.3 Å². The molecule has 1 aromatic carbocycles. The molecule has 0 aromatic heterocycles. The van der Waals surface area contributed by atoms with Gasteiger partial charge in [-0.05, 0) is 38.0 Å². The molecule has 152 valence electrons. The van der Waals surface area contributed by atoms with E-state index in [0.29, 0.717) is 24.4 Å². The molecule has 3 rings (SSSR count). The smallest absolute Gasteiger partial charge is 0.258 e. The zero-order chi connectivity index (χ0) is 20.1. The number of nitrogens with zero attached hydrogens (tertiary/aromatic N) is 2. The van der Waals surface area contributed by atoms with Crippen molar-refractivity contribution in [3.63, 3.8) is 0 Å². The third-order valence-corrected chi connectivity index (χ3v) is 5.29. The maximum Gasteiger partial charge on any atom is 0.258 e. The summed E-state index contributed by atoms with van der Waals surface area (Å²) < 4.78 is 5.49. The van der Waals surface area contributed by atoms with E-state index in [2.05, 4.69) is 15.5 Å². The standard InChI is InChI=1S/C20H28N4O4/c1-3-23-9-5-8-17(20(23)27)24-11-15(12-24)22-18(25)13-28-16-7-4-6-14(10-16)19(26)21-2/h4,6-7,10,15,17H,3,5,8-9,11-13H2,1-2H3,(H,21,26)(H,22,25). The van der Waals surface area contributed by atoms with Crippen LogP contribution in [0.15, 0.2) is 24.3 Å². The summed E-state index contributed by atoms with van der Waals surface area (Å²) in [6.45, 7) is 4.86. The van der Waals surface area contributed by atoms with E-state index in [1.54, 1.807) is 31.3 Å². The first-order valence-electron chi connectivity index (χ1n) is 9.79. The van der Waals surface area contributed by atoms with Gasteiger partial charge in [0.25, 0.3) is 11.8 Å². The van der Waals surface area contributed by atoms with E-state index in [-0.39, 0.29) is 36.4 Å². The van der Waals surface area contributed by atoms with Gasteiger partial charge < -0.3 is 20.3 Å². The monoisotopic (exact) mass is 388 g/mol. The van der Waals surface area contributed by atoms with Gasteiger partial charge in [0.1, 0.15) is 5.75 Å². The molecule has 0 radical (unpaired) electrons. The zero-order valence-electron chi connectivity index (χ0n) is 16.4. The van der Waals surface area contributed by atoms with Crippen LogP contribution in [0.5, 0.6) is 5.75 Å². The van der Waals surface area contributed by atoms with Crippen LogP contribution in [0.3, 0.4) is 0 Å². The van der Waals surface area contributed by atoms with E-state index in [1.807, 2.05) is 11.8 Å². The summed E-state index contributed by atoms with van der Waals surface area (Å²) >= 11 is 0.